The van der Waals surface area contributed by atoms with Crippen LogP contribution in [0.2, 0.25) is 0 Å². The zero-order chi connectivity index (χ0) is 26.8. The summed E-state index contributed by atoms with van der Waals surface area (Å²) >= 11 is 0. The van der Waals surface area contributed by atoms with Gasteiger partial charge in [0.15, 0.2) is 11.5 Å². The number of aromatic nitrogens is 2. The first-order chi connectivity index (χ1) is 19.1. The van der Waals surface area contributed by atoms with Gasteiger partial charge in [0.1, 0.15) is 24.8 Å². The molecule has 1 atom stereocenters. The van der Waals surface area contributed by atoms with E-state index in [1.165, 1.54) is 5.56 Å². The Kier molecular flexibility index (Phi) is 7.14. The number of para-hydroxylation sites is 2. The van der Waals surface area contributed by atoms with Crippen molar-refractivity contribution in [3.05, 3.63) is 78.1 Å². The molecule has 0 bridgehead atoms. The highest BCUT2D eigenvalue weighted by Gasteiger charge is 2.35. The molecular weight excluding hydrogens is 490 g/mol. The van der Waals surface area contributed by atoms with E-state index in [1.54, 1.807) is 0 Å². The van der Waals surface area contributed by atoms with E-state index in [-0.39, 0.29) is 11.8 Å². The van der Waals surface area contributed by atoms with Gasteiger partial charge in [-0.25, -0.2) is 4.98 Å². The molecule has 2 aliphatic rings. The first kappa shape index (κ1) is 25.3. The third-order valence-electron chi connectivity index (χ3n) is 7.60. The zero-order valence-corrected chi connectivity index (χ0v) is 22.6. The van der Waals surface area contributed by atoms with Gasteiger partial charge in [-0.05, 0) is 60.7 Å². The summed E-state index contributed by atoms with van der Waals surface area (Å²) in [5, 5.41) is 0. The molecule has 0 N–H and O–H groups in total. The second kappa shape index (κ2) is 11.0. The van der Waals surface area contributed by atoms with Crippen LogP contribution in [0.15, 0.2) is 66.7 Å². The van der Waals surface area contributed by atoms with Gasteiger partial charge in [0, 0.05) is 37.2 Å². The van der Waals surface area contributed by atoms with E-state index in [0.717, 1.165) is 53.4 Å². The largest absolute Gasteiger partial charge is 0.494 e. The van der Waals surface area contributed by atoms with Crippen LogP contribution in [-0.2, 0) is 11.3 Å². The van der Waals surface area contributed by atoms with Gasteiger partial charge in [-0.3, -0.25) is 4.79 Å². The smallest absolute Gasteiger partial charge is 0.227 e. The minimum absolute atomic E-state index is 0.0221. The van der Waals surface area contributed by atoms with Crippen LogP contribution in [0, 0.1) is 0 Å². The van der Waals surface area contributed by atoms with E-state index < -0.39 is 0 Å². The lowest BCUT2D eigenvalue weighted by atomic mass is 10.0. The normalized spacial score (nSPS) is 16.8. The topological polar surface area (TPSA) is 65.8 Å². The van der Waals surface area contributed by atoms with E-state index in [1.807, 2.05) is 29.2 Å². The summed E-state index contributed by atoms with van der Waals surface area (Å²) in [6.07, 6.45) is 2.34. The minimum atomic E-state index is 0.0221. The lowest BCUT2D eigenvalue weighted by Crippen LogP contribution is -2.25. The van der Waals surface area contributed by atoms with Crippen molar-refractivity contribution in [1.29, 1.82) is 0 Å². The summed E-state index contributed by atoms with van der Waals surface area (Å²) < 4.78 is 19.7. The van der Waals surface area contributed by atoms with Crippen molar-refractivity contribution in [3.8, 4) is 17.2 Å². The zero-order valence-electron chi connectivity index (χ0n) is 22.6. The van der Waals surface area contributed by atoms with E-state index in [4.69, 9.17) is 19.2 Å². The van der Waals surface area contributed by atoms with Crippen molar-refractivity contribution >= 4 is 22.6 Å². The number of carbonyl (C=O) groups excluding carboxylic acids is 1. The number of rotatable bonds is 9. The van der Waals surface area contributed by atoms with E-state index >= 15 is 0 Å². The van der Waals surface area contributed by atoms with Crippen LogP contribution in [0.25, 0.3) is 11.0 Å². The van der Waals surface area contributed by atoms with Crippen molar-refractivity contribution in [2.24, 2.45) is 0 Å². The second-order valence-corrected chi connectivity index (χ2v) is 10.6. The van der Waals surface area contributed by atoms with Gasteiger partial charge in [0.05, 0.1) is 17.6 Å². The van der Waals surface area contributed by atoms with Crippen LogP contribution in [0.4, 0.5) is 5.69 Å². The summed E-state index contributed by atoms with van der Waals surface area (Å²) in [7, 11) is 0. The third-order valence-corrected chi connectivity index (χ3v) is 7.60. The number of imidazole rings is 1. The Bertz CT molecular complexity index is 1460. The Labute approximate surface area is 229 Å². The molecule has 6 rings (SSSR count). The number of benzene rings is 3. The average Bonchev–Trinajstić information content (AvgIpc) is 3.53. The van der Waals surface area contributed by atoms with E-state index in [2.05, 4.69) is 60.9 Å². The standard InChI is InChI=1S/C32H35N3O4/c1-22(2)23-9-12-26(13-10-23)37-16-6-5-15-34-28-8-4-3-7-27(28)33-32(34)24-19-31(36)35(21-24)25-11-14-29-30(20-25)39-18-17-38-29/h3-4,7-14,20,22,24H,5-6,15-19,21H2,1-2H3. The van der Waals surface area contributed by atoms with Crippen molar-refractivity contribution in [2.75, 3.05) is 31.3 Å². The van der Waals surface area contributed by atoms with Crippen LogP contribution in [0.3, 0.4) is 0 Å². The van der Waals surface area contributed by atoms with Crippen molar-refractivity contribution in [3.63, 3.8) is 0 Å². The van der Waals surface area contributed by atoms with Crippen molar-refractivity contribution in [2.45, 2.75) is 51.5 Å². The summed E-state index contributed by atoms with van der Waals surface area (Å²) in [4.78, 5) is 20.0. The SMILES string of the molecule is CC(C)c1ccc(OCCCCn2c(C3CC(=O)N(c4ccc5c(c4)OCCO5)C3)nc3ccccc32)cc1. The summed E-state index contributed by atoms with van der Waals surface area (Å²) in [5.41, 5.74) is 4.25. The molecule has 1 amide bonds. The molecule has 0 saturated carbocycles. The van der Waals surface area contributed by atoms with Crippen molar-refractivity contribution < 1.29 is 19.0 Å². The molecule has 1 fully saturated rings. The van der Waals surface area contributed by atoms with Gasteiger partial charge in [0.2, 0.25) is 5.91 Å². The van der Waals surface area contributed by atoms with Gasteiger partial charge in [0.25, 0.3) is 0 Å². The molecule has 3 aromatic carbocycles. The molecule has 3 heterocycles. The van der Waals surface area contributed by atoms with Crippen LogP contribution >= 0.6 is 0 Å². The number of nitrogens with zero attached hydrogens (tertiary/aromatic N) is 3. The number of amides is 1. The average molecular weight is 526 g/mol. The molecule has 0 radical (unpaired) electrons. The number of hydrogen-bond donors (Lipinski definition) is 0. The highest BCUT2D eigenvalue weighted by molar-refractivity contribution is 5.97. The highest BCUT2D eigenvalue weighted by atomic mass is 16.6. The maximum absolute atomic E-state index is 13.1. The maximum Gasteiger partial charge on any atom is 0.227 e. The van der Waals surface area contributed by atoms with Gasteiger partial charge >= 0.3 is 0 Å². The Morgan fingerprint density at radius 3 is 2.59 bits per heavy atom. The second-order valence-electron chi connectivity index (χ2n) is 10.6. The number of fused-ring (bicyclic) bond motifs is 2. The first-order valence-electron chi connectivity index (χ1n) is 13.9. The van der Waals surface area contributed by atoms with Crippen LogP contribution in [-0.4, -0.2) is 41.8 Å². The Morgan fingerprint density at radius 2 is 1.77 bits per heavy atom. The van der Waals surface area contributed by atoms with Crippen LogP contribution in [0.5, 0.6) is 17.2 Å². The predicted molar refractivity (Wildman–Crippen MR) is 152 cm³/mol. The fourth-order valence-corrected chi connectivity index (χ4v) is 5.48. The molecule has 1 unspecified atom stereocenters. The van der Waals surface area contributed by atoms with Crippen molar-refractivity contribution in [1.82, 2.24) is 9.55 Å². The van der Waals surface area contributed by atoms with Gasteiger partial charge < -0.3 is 23.7 Å². The monoisotopic (exact) mass is 525 g/mol. The highest BCUT2D eigenvalue weighted by Crippen LogP contribution is 2.38. The molecule has 1 saturated heterocycles. The predicted octanol–water partition coefficient (Wildman–Crippen LogP) is 6.31. The Balaban J connectivity index is 1.13. The molecule has 7 heteroatoms. The third kappa shape index (κ3) is 5.31. The summed E-state index contributed by atoms with van der Waals surface area (Å²) in [5.74, 6) is 3.96. The molecule has 39 heavy (non-hydrogen) atoms. The number of ether oxygens (including phenoxy) is 3. The molecule has 2 aliphatic heterocycles. The number of carbonyl (C=O) groups is 1. The molecule has 7 nitrogen and oxygen atoms in total. The van der Waals surface area contributed by atoms with Gasteiger partial charge in [-0.15, -0.1) is 0 Å². The minimum Gasteiger partial charge on any atom is -0.494 e. The molecular formula is C32H35N3O4. The lowest BCUT2D eigenvalue weighted by molar-refractivity contribution is -0.117. The maximum atomic E-state index is 13.1. The Hall–Kier alpha value is -4.00. The number of hydrogen-bond acceptors (Lipinski definition) is 5. The molecule has 0 aliphatic carbocycles. The van der Waals surface area contributed by atoms with Crippen LogP contribution in [0.1, 0.15) is 56.3 Å². The number of unbranched alkanes of at least 4 members (excludes halogenated alkanes) is 1. The molecule has 4 aromatic rings. The molecule has 202 valence electrons. The summed E-state index contributed by atoms with van der Waals surface area (Å²) in [6, 6.07) is 22.4. The Morgan fingerprint density at radius 1 is 0.974 bits per heavy atom. The van der Waals surface area contributed by atoms with Crippen LogP contribution < -0.4 is 19.1 Å². The fourth-order valence-electron chi connectivity index (χ4n) is 5.48. The molecule has 1 aromatic heterocycles. The van der Waals surface area contributed by atoms with E-state index in [9.17, 15) is 4.79 Å². The molecule has 0 spiro atoms. The summed E-state index contributed by atoms with van der Waals surface area (Å²) in [6.45, 7) is 7.56. The number of aryl methyl sites for hydroxylation is 1. The van der Waals surface area contributed by atoms with E-state index in [0.29, 0.717) is 44.5 Å². The quantitative estimate of drug-likeness (QED) is 0.240. The lowest BCUT2D eigenvalue weighted by Gasteiger charge is -2.22. The van der Waals surface area contributed by atoms with Gasteiger partial charge in [-0.2, -0.15) is 0 Å². The fraction of sp³-hybridized carbons (Fsp3) is 0.375. The van der Waals surface area contributed by atoms with Gasteiger partial charge in [-0.1, -0.05) is 38.1 Å². The first-order valence-corrected chi connectivity index (χ1v) is 13.9. The number of anilines is 1.